The van der Waals surface area contributed by atoms with Gasteiger partial charge in [0.25, 0.3) is 5.91 Å². The Hall–Kier alpha value is -3.36. The smallest absolute Gasteiger partial charge is 0.346 e. The number of halogens is 1. The van der Waals surface area contributed by atoms with Crippen LogP contribution in [0.5, 0.6) is 0 Å². The van der Waals surface area contributed by atoms with Crippen LogP contribution in [0.25, 0.3) is 0 Å². The molecule has 2 aromatic heterocycles. The number of hydrogen-bond acceptors (Lipinski definition) is 5. The standard InChI is InChI=1S/C19H19FN6O2/c20-14-3-1-13(2-4-14)12-26-19(28)25-10-7-15(5-6-17(25)24-26)23-18(27)16-11-21-8-9-22-16/h1-4,8-9,11,15H,5-7,10,12H2,(H,23,27). The summed E-state index contributed by atoms with van der Waals surface area (Å²) in [5.41, 5.74) is 0.886. The molecule has 1 amide bonds. The second kappa shape index (κ2) is 7.71. The first-order chi connectivity index (χ1) is 13.6. The zero-order valence-electron chi connectivity index (χ0n) is 15.1. The molecule has 9 heteroatoms. The molecule has 1 unspecified atom stereocenters. The summed E-state index contributed by atoms with van der Waals surface area (Å²) in [7, 11) is 0. The van der Waals surface area contributed by atoms with Gasteiger partial charge in [0, 0.05) is 31.4 Å². The van der Waals surface area contributed by atoms with Crippen molar-refractivity contribution in [1.29, 1.82) is 0 Å². The highest BCUT2D eigenvalue weighted by molar-refractivity contribution is 5.92. The molecule has 4 rings (SSSR count). The Morgan fingerprint density at radius 2 is 2.04 bits per heavy atom. The maximum absolute atomic E-state index is 13.0. The van der Waals surface area contributed by atoms with E-state index in [0.29, 0.717) is 38.2 Å². The maximum atomic E-state index is 13.0. The zero-order valence-corrected chi connectivity index (χ0v) is 15.1. The van der Waals surface area contributed by atoms with Gasteiger partial charge in [0.05, 0.1) is 12.7 Å². The van der Waals surface area contributed by atoms with Crippen LogP contribution in [-0.2, 0) is 19.5 Å². The molecule has 0 aliphatic carbocycles. The third kappa shape index (κ3) is 3.83. The van der Waals surface area contributed by atoms with Crippen molar-refractivity contribution in [1.82, 2.24) is 29.6 Å². The fourth-order valence-electron chi connectivity index (χ4n) is 3.31. The number of hydrogen-bond donors (Lipinski definition) is 1. The molecule has 0 saturated heterocycles. The van der Waals surface area contributed by atoms with Gasteiger partial charge in [-0.25, -0.2) is 18.9 Å². The van der Waals surface area contributed by atoms with Gasteiger partial charge in [-0.3, -0.25) is 14.3 Å². The molecule has 1 aliphatic rings. The van der Waals surface area contributed by atoms with Crippen molar-refractivity contribution in [2.45, 2.75) is 38.4 Å². The van der Waals surface area contributed by atoms with Crippen molar-refractivity contribution < 1.29 is 9.18 Å². The van der Waals surface area contributed by atoms with Crippen molar-refractivity contribution in [2.75, 3.05) is 0 Å². The average Bonchev–Trinajstić information content (AvgIpc) is 2.87. The van der Waals surface area contributed by atoms with Crippen molar-refractivity contribution in [3.05, 3.63) is 76.2 Å². The number of benzene rings is 1. The van der Waals surface area contributed by atoms with Crippen molar-refractivity contribution in [3.8, 4) is 0 Å². The number of aromatic nitrogens is 5. The van der Waals surface area contributed by atoms with Crippen LogP contribution in [0.4, 0.5) is 4.39 Å². The number of carbonyl (C=O) groups is 1. The minimum Gasteiger partial charge on any atom is -0.348 e. The van der Waals surface area contributed by atoms with E-state index in [2.05, 4.69) is 20.4 Å². The molecule has 8 nitrogen and oxygen atoms in total. The lowest BCUT2D eigenvalue weighted by atomic mass is 10.1. The fourth-order valence-corrected chi connectivity index (χ4v) is 3.31. The van der Waals surface area contributed by atoms with Gasteiger partial charge in [0.15, 0.2) is 0 Å². The van der Waals surface area contributed by atoms with Crippen molar-refractivity contribution in [2.24, 2.45) is 0 Å². The number of carbonyl (C=O) groups excluding carboxylic acids is 1. The van der Waals surface area contributed by atoms with E-state index in [-0.39, 0.29) is 29.1 Å². The van der Waals surface area contributed by atoms with E-state index in [9.17, 15) is 14.0 Å². The molecule has 0 fully saturated rings. The van der Waals surface area contributed by atoms with Gasteiger partial charge in [-0.05, 0) is 30.5 Å². The van der Waals surface area contributed by atoms with Crippen LogP contribution in [-0.4, -0.2) is 36.3 Å². The third-order valence-corrected chi connectivity index (χ3v) is 4.79. The summed E-state index contributed by atoms with van der Waals surface area (Å²) in [6.07, 6.45) is 6.29. The Bertz CT molecular complexity index is 1030. The first-order valence-corrected chi connectivity index (χ1v) is 9.08. The molecule has 0 radical (unpaired) electrons. The molecule has 1 atom stereocenters. The lowest BCUT2D eigenvalue weighted by molar-refractivity contribution is 0.0927. The van der Waals surface area contributed by atoms with Gasteiger partial charge in [-0.1, -0.05) is 12.1 Å². The summed E-state index contributed by atoms with van der Waals surface area (Å²) in [6, 6.07) is 5.95. The van der Waals surface area contributed by atoms with Gasteiger partial charge in [-0.15, -0.1) is 0 Å². The van der Waals surface area contributed by atoms with Crippen LogP contribution in [0.1, 0.15) is 34.7 Å². The molecule has 1 aliphatic heterocycles. The first kappa shape index (κ1) is 18.0. The topological polar surface area (TPSA) is 94.7 Å². The highest BCUT2D eigenvalue weighted by atomic mass is 19.1. The highest BCUT2D eigenvalue weighted by Crippen LogP contribution is 2.13. The van der Waals surface area contributed by atoms with Crippen molar-refractivity contribution in [3.63, 3.8) is 0 Å². The molecule has 0 bridgehead atoms. The lowest BCUT2D eigenvalue weighted by Gasteiger charge is -2.15. The van der Waals surface area contributed by atoms with Gasteiger partial charge >= 0.3 is 5.69 Å². The van der Waals surface area contributed by atoms with E-state index in [1.165, 1.54) is 35.4 Å². The van der Waals surface area contributed by atoms with Crippen LogP contribution in [0.3, 0.4) is 0 Å². The summed E-state index contributed by atoms with van der Waals surface area (Å²) in [4.78, 5) is 32.8. The largest absolute Gasteiger partial charge is 0.348 e. The van der Waals surface area contributed by atoms with Crippen LogP contribution in [0.15, 0.2) is 47.7 Å². The van der Waals surface area contributed by atoms with E-state index < -0.39 is 0 Å². The van der Waals surface area contributed by atoms with Gasteiger partial charge in [0.1, 0.15) is 17.3 Å². The summed E-state index contributed by atoms with van der Waals surface area (Å²) in [5.74, 6) is 0.112. The number of aryl methyl sites for hydroxylation is 1. The summed E-state index contributed by atoms with van der Waals surface area (Å²) >= 11 is 0. The molecule has 144 valence electrons. The Labute approximate surface area is 160 Å². The fraction of sp³-hybridized carbons (Fsp3) is 0.316. The summed E-state index contributed by atoms with van der Waals surface area (Å²) in [5, 5.41) is 7.39. The molecule has 0 saturated carbocycles. The number of fused-ring (bicyclic) bond motifs is 1. The highest BCUT2D eigenvalue weighted by Gasteiger charge is 2.22. The Balaban J connectivity index is 1.43. The molecule has 0 spiro atoms. The maximum Gasteiger partial charge on any atom is 0.346 e. The Morgan fingerprint density at radius 1 is 1.21 bits per heavy atom. The van der Waals surface area contributed by atoms with Crippen LogP contribution < -0.4 is 11.0 Å². The number of nitrogens with zero attached hydrogens (tertiary/aromatic N) is 5. The predicted molar refractivity (Wildman–Crippen MR) is 98.2 cm³/mol. The quantitative estimate of drug-likeness (QED) is 0.731. The van der Waals surface area contributed by atoms with Crippen LogP contribution in [0, 0.1) is 5.82 Å². The summed E-state index contributed by atoms with van der Waals surface area (Å²) in [6.45, 7) is 0.773. The lowest BCUT2D eigenvalue weighted by Crippen LogP contribution is -2.36. The molecule has 3 heterocycles. The van der Waals surface area contributed by atoms with Gasteiger partial charge < -0.3 is 5.32 Å². The first-order valence-electron chi connectivity index (χ1n) is 9.08. The van der Waals surface area contributed by atoms with Gasteiger partial charge in [0.2, 0.25) is 0 Å². The normalized spacial score (nSPS) is 16.2. The number of amides is 1. The number of rotatable bonds is 4. The monoisotopic (exact) mass is 382 g/mol. The van der Waals surface area contributed by atoms with E-state index in [4.69, 9.17) is 0 Å². The molecule has 3 aromatic rings. The minimum absolute atomic E-state index is 0.0684. The van der Waals surface area contributed by atoms with E-state index in [0.717, 1.165) is 5.56 Å². The van der Waals surface area contributed by atoms with E-state index in [1.807, 2.05) is 0 Å². The van der Waals surface area contributed by atoms with Gasteiger partial charge in [-0.2, -0.15) is 5.10 Å². The number of nitrogens with one attached hydrogen (secondary N) is 1. The van der Waals surface area contributed by atoms with Crippen LogP contribution >= 0.6 is 0 Å². The third-order valence-electron chi connectivity index (χ3n) is 4.79. The van der Waals surface area contributed by atoms with Crippen molar-refractivity contribution >= 4 is 5.91 Å². The molecular weight excluding hydrogens is 363 g/mol. The zero-order chi connectivity index (χ0) is 19.5. The second-order valence-corrected chi connectivity index (χ2v) is 6.72. The van der Waals surface area contributed by atoms with E-state index >= 15 is 0 Å². The minimum atomic E-state index is -0.314. The Kier molecular flexibility index (Phi) is 4.96. The molecule has 1 aromatic carbocycles. The van der Waals surface area contributed by atoms with E-state index in [1.54, 1.807) is 16.7 Å². The SMILES string of the molecule is O=C(NC1CCc2nn(Cc3ccc(F)cc3)c(=O)n2CC1)c1cnccn1. The molecule has 28 heavy (non-hydrogen) atoms. The molecular formula is C19H19FN6O2. The Morgan fingerprint density at radius 3 is 2.79 bits per heavy atom. The van der Waals surface area contributed by atoms with Crippen LogP contribution in [0.2, 0.25) is 0 Å². The predicted octanol–water partition coefficient (Wildman–Crippen LogP) is 1.16. The summed E-state index contributed by atoms with van der Waals surface area (Å²) < 4.78 is 16.1. The molecule has 1 N–H and O–H groups in total. The second-order valence-electron chi connectivity index (χ2n) is 6.72. The average molecular weight is 382 g/mol.